The molecule has 0 bridgehead atoms. The van der Waals surface area contributed by atoms with Crippen molar-refractivity contribution in [2.24, 2.45) is 7.05 Å². The minimum atomic E-state index is -4.46. The average molecular weight is 426 g/mol. The first-order chi connectivity index (χ1) is 13.3. The van der Waals surface area contributed by atoms with E-state index in [-0.39, 0.29) is 11.1 Å². The SMILES string of the molecule is Cn1cc(C(F)(F)F)nc1-c1ccc(CNc2nc(Cl)nc3c2CSC3)cc1. The van der Waals surface area contributed by atoms with Crippen LogP contribution < -0.4 is 5.32 Å². The first kappa shape index (κ1) is 19.1. The van der Waals surface area contributed by atoms with E-state index in [0.29, 0.717) is 12.1 Å². The lowest BCUT2D eigenvalue weighted by molar-refractivity contribution is -0.140. The number of benzene rings is 1. The van der Waals surface area contributed by atoms with Gasteiger partial charge in [0.15, 0.2) is 5.69 Å². The average Bonchev–Trinajstić information content (AvgIpc) is 3.26. The van der Waals surface area contributed by atoms with Gasteiger partial charge in [-0.25, -0.2) is 15.0 Å². The quantitative estimate of drug-likeness (QED) is 0.602. The summed E-state index contributed by atoms with van der Waals surface area (Å²) in [6, 6.07) is 7.21. The van der Waals surface area contributed by atoms with Crippen molar-refractivity contribution in [2.75, 3.05) is 5.32 Å². The van der Waals surface area contributed by atoms with Crippen LogP contribution in [0.25, 0.3) is 11.4 Å². The Morgan fingerprint density at radius 1 is 1.14 bits per heavy atom. The Kier molecular flexibility index (Phi) is 4.96. The topological polar surface area (TPSA) is 55.6 Å². The van der Waals surface area contributed by atoms with Crippen LogP contribution in [0, 0.1) is 0 Å². The van der Waals surface area contributed by atoms with Crippen molar-refractivity contribution in [2.45, 2.75) is 24.2 Å². The first-order valence-electron chi connectivity index (χ1n) is 8.38. The summed E-state index contributed by atoms with van der Waals surface area (Å²) in [6.45, 7) is 0.513. The third kappa shape index (κ3) is 3.81. The smallest absolute Gasteiger partial charge is 0.366 e. The standard InChI is InChI=1S/C18H15ClF3N5S/c1-27-7-14(18(20,21)22)25-16(27)11-4-2-10(3-5-11)6-23-15-12-8-28-9-13(12)24-17(19)26-15/h2-5,7H,6,8-9H2,1H3,(H,23,24,26). The molecule has 0 spiro atoms. The molecule has 0 fully saturated rings. The number of anilines is 1. The molecule has 1 aromatic carbocycles. The molecule has 1 N–H and O–H groups in total. The number of fused-ring (bicyclic) bond motifs is 1. The van der Waals surface area contributed by atoms with E-state index in [0.717, 1.165) is 40.3 Å². The number of thioether (sulfide) groups is 1. The van der Waals surface area contributed by atoms with Crippen molar-refractivity contribution < 1.29 is 13.2 Å². The van der Waals surface area contributed by atoms with Gasteiger partial charge >= 0.3 is 6.18 Å². The van der Waals surface area contributed by atoms with Gasteiger partial charge in [-0.3, -0.25) is 0 Å². The van der Waals surface area contributed by atoms with E-state index < -0.39 is 11.9 Å². The van der Waals surface area contributed by atoms with Gasteiger partial charge in [-0.05, 0) is 17.2 Å². The zero-order valence-corrected chi connectivity index (χ0v) is 16.3. The van der Waals surface area contributed by atoms with E-state index in [1.54, 1.807) is 30.9 Å². The molecule has 0 saturated heterocycles. The highest BCUT2D eigenvalue weighted by Crippen LogP contribution is 2.34. The molecule has 3 heterocycles. The van der Waals surface area contributed by atoms with E-state index in [1.165, 1.54) is 4.57 Å². The third-order valence-corrected chi connectivity index (χ3v) is 5.53. The molecular weight excluding hydrogens is 411 g/mol. The third-order valence-electron chi connectivity index (χ3n) is 4.39. The minimum Gasteiger partial charge on any atom is -0.366 e. The Bertz CT molecular complexity index is 1020. The highest BCUT2D eigenvalue weighted by atomic mass is 35.5. The van der Waals surface area contributed by atoms with Gasteiger partial charge in [0.1, 0.15) is 11.6 Å². The molecular formula is C18H15ClF3N5S. The zero-order valence-electron chi connectivity index (χ0n) is 14.7. The van der Waals surface area contributed by atoms with Gasteiger partial charge in [-0.1, -0.05) is 24.3 Å². The number of hydrogen-bond acceptors (Lipinski definition) is 5. The lowest BCUT2D eigenvalue weighted by Gasteiger charge is -2.10. The number of imidazole rings is 1. The van der Waals surface area contributed by atoms with Gasteiger partial charge in [0.05, 0.1) is 5.69 Å². The summed E-state index contributed by atoms with van der Waals surface area (Å²) in [6.07, 6.45) is -3.47. The van der Waals surface area contributed by atoms with Crippen LogP contribution in [-0.2, 0) is 31.3 Å². The fourth-order valence-corrected chi connectivity index (χ4v) is 4.22. The number of halogens is 4. The second-order valence-electron chi connectivity index (χ2n) is 6.37. The van der Waals surface area contributed by atoms with Crippen molar-refractivity contribution in [3.63, 3.8) is 0 Å². The molecule has 5 nitrogen and oxygen atoms in total. The van der Waals surface area contributed by atoms with Crippen molar-refractivity contribution in [1.29, 1.82) is 0 Å². The van der Waals surface area contributed by atoms with E-state index in [1.807, 2.05) is 12.1 Å². The Hall–Kier alpha value is -2.26. The van der Waals surface area contributed by atoms with Crippen LogP contribution in [0.2, 0.25) is 5.28 Å². The molecule has 0 atom stereocenters. The maximum atomic E-state index is 12.8. The van der Waals surface area contributed by atoms with Crippen molar-refractivity contribution in [1.82, 2.24) is 19.5 Å². The maximum absolute atomic E-state index is 12.8. The van der Waals surface area contributed by atoms with Crippen LogP contribution in [-0.4, -0.2) is 19.5 Å². The molecule has 1 aliphatic rings. The molecule has 146 valence electrons. The van der Waals surface area contributed by atoms with Gasteiger partial charge in [0, 0.05) is 42.4 Å². The van der Waals surface area contributed by atoms with Crippen LogP contribution in [0.3, 0.4) is 0 Å². The second kappa shape index (κ2) is 7.29. The van der Waals surface area contributed by atoms with Crippen molar-refractivity contribution >= 4 is 29.2 Å². The van der Waals surface area contributed by atoms with E-state index in [2.05, 4.69) is 20.3 Å². The second-order valence-corrected chi connectivity index (χ2v) is 7.69. The van der Waals surface area contributed by atoms with E-state index in [9.17, 15) is 13.2 Å². The fraction of sp³-hybridized carbons (Fsp3) is 0.278. The largest absolute Gasteiger partial charge is 0.434 e. The zero-order chi connectivity index (χ0) is 19.9. The first-order valence-corrected chi connectivity index (χ1v) is 9.91. The fourth-order valence-electron chi connectivity index (χ4n) is 3.00. The lowest BCUT2D eigenvalue weighted by atomic mass is 10.1. The van der Waals surface area contributed by atoms with Gasteiger partial charge in [-0.15, -0.1) is 0 Å². The number of hydrogen-bond donors (Lipinski definition) is 1. The molecule has 1 aliphatic heterocycles. The predicted molar refractivity (Wildman–Crippen MR) is 103 cm³/mol. The van der Waals surface area contributed by atoms with Crippen molar-refractivity contribution in [3.8, 4) is 11.4 Å². The molecule has 0 unspecified atom stereocenters. The normalized spacial score (nSPS) is 13.6. The molecule has 0 saturated carbocycles. The molecule has 10 heteroatoms. The number of nitrogens with zero attached hydrogens (tertiary/aromatic N) is 4. The lowest BCUT2D eigenvalue weighted by Crippen LogP contribution is -2.06. The Morgan fingerprint density at radius 3 is 2.57 bits per heavy atom. The maximum Gasteiger partial charge on any atom is 0.434 e. The van der Waals surface area contributed by atoms with Crippen LogP contribution in [0.15, 0.2) is 30.5 Å². The van der Waals surface area contributed by atoms with E-state index in [4.69, 9.17) is 11.6 Å². The summed E-state index contributed by atoms with van der Waals surface area (Å²) in [4.78, 5) is 12.2. The Labute approximate surface area is 168 Å². The monoisotopic (exact) mass is 425 g/mol. The van der Waals surface area contributed by atoms with E-state index >= 15 is 0 Å². The Morgan fingerprint density at radius 2 is 1.89 bits per heavy atom. The van der Waals surface area contributed by atoms with Gasteiger partial charge in [0.2, 0.25) is 5.28 Å². The molecule has 28 heavy (non-hydrogen) atoms. The predicted octanol–water partition coefficient (Wildman–Crippen LogP) is 4.91. The number of nitrogens with one attached hydrogen (secondary N) is 1. The molecule has 4 rings (SSSR count). The summed E-state index contributed by atoms with van der Waals surface area (Å²) in [5.74, 6) is 2.66. The summed E-state index contributed by atoms with van der Waals surface area (Å²) in [5.41, 5.74) is 2.70. The summed E-state index contributed by atoms with van der Waals surface area (Å²) < 4.78 is 39.9. The Balaban J connectivity index is 1.50. The van der Waals surface area contributed by atoms with Gasteiger partial charge < -0.3 is 9.88 Å². The van der Waals surface area contributed by atoms with Crippen LogP contribution in [0.1, 0.15) is 22.5 Å². The molecule has 0 amide bonds. The van der Waals surface area contributed by atoms with Crippen LogP contribution >= 0.6 is 23.4 Å². The van der Waals surface area contributed by atoms with Gasteiger partial charge in [0.25, 0.3) is 0 Å². The highest BCUT2D eigenvalue weighted by molar-refractivity contribution is 7.98. The van der Waals surface area contributed by atoms with Crippen LogP contribution in [0.5, 0.6) is 0 Å². The summed E-state index contributed by atoms with van der Waals surface area (Å²) in [5, 5.41) is 3.50. The number of alkyl halides is 3. The molecule has 0 radical (unpaired) electrons. The molecule has 2 aromatic heterocycles. The highest BCUT2D eigenvalue weighted by Gasteiger charge is 2.34. The molecule has 0 aliphatic carbocycles. The summed E-state index contributed by atoms with van der Waals surface area (Å²) in [7, 11) is 1.55. The number of aryl methyl sites for hydroxylation is 1. The molecule has 3 aromatic rings. The van der Waals surface area contributed by atoms with Crippen LogP contribution in [0.4, 0.5) is 19.0 Å². The summed E-state index contributed by atoms with van der Waals surface area (Å²) >= 11 is 7.75. The van der Waals surface area contributed by atoms with Crippen molar-refractivity contribution in [3.05, 3.63) is 58.3 Å². The number of rotatable bonds is 4. The minimum absolute atomic E-state index is 0.217. The number of aromatic nitrogens is 4. The van der Waals surface area contributed by atoms with Gasteiger partial charge in [-0.2, -0.15) is 24.9 Å².